The van der Waals surface area contributed by atoms with E-state index in [4.69, 9.17) is 19.3 Å². The molecule has 0 aromatic heterocycles. The molecule has 3 aromatic carbocycles. The fraction of sp³-hybridized carbons (Fsp3) is 0.345. The molecular weight excluding hydrogens is 424 g/mol. The predicted octanol–water partition coefficient (Wildman–Crippen LogP) is 6.36. The Morgan fingerprint density at radius 3 is 2.18 bits per heavy atom. The van der Waals surface area contributed by atoms with E-state index in [1.54, 1.807) is 21.3 Å². The zero-order chi connectivity index (χ0) is 23.8. The maximum atomic E-state index is 5.69. The van der Waals surface area contributed by atoms with Crippen molar-refractivity contribution in [1.29, 1.82) is 0 Å². The summed E-state index contributed by atoms with van der Waals surface area (Å²) >= 11 is 0. The van der Waals surface area contributed by atoms with E-state index in [0.29, 0.717) is 23.2 Å². The molecule has 1 aliphatic carbocycles. The lowest BCUT2D eigenvalue weighted by Gasteiger charge is -2.31. The second kappa shape index (κ2) is 9.05. The van der Waals surface area contributed by atoms with Gasteiger partial charge >= 0.3 is 0 Å². The van der Waals surface area contributed by atoms with Gasteiger partial charge in [-0.3, -0.25) is 5.01 Å². The standard InChI is InChI=1S/C29H32N2O3/c1-18(2)19-10-13-22(14-11-19)31-28(21-16-25(32-3)29(34-5)26(17-21)33-4)24-15-12-20-8-6-7-9-23(20)27(24)30-31/h6-11,13-14,16-18,24,28H,12,15H2,1-5H3/t24-,28-/m1/s1. The van der Waals surface area contributed by atoms with Gasteiger partial charge in [-0.05, 0) is 59.7 Å². The Morgan fingerprint density at radius 1 is 0.882 bits per heavy atom. The summed E-state index contributed by atoms with van der Waals surface area (Å²) in [6.45, 7) is 4.44. The Kier molecular flexibility index (Phi) is 5.94. The van der Waals surface area contributed by atoms with Gasteiger partial charge in [-0.25, -0.2) is 0 Å². The zero-order valence-corrected chi connectivity index (χ0v) is 20.5. The SMILES string of the molecule is COc1cc([C@@H]2[C@@H]3CCc4ccccc4C3=NN2c2ccc(C(C)C)cc2)cc(OC)c1OC. The molecule has 34 heavy (non-hydrogen) atoms. The monoisotopic (exact) mass is 456 g/mol. The molecule has 5 rings (SSSR count). The van der Waals surface area contributed by atoms with E-state index in [0.717, 1.165) is 29.8 Å². The molecule has 0 saturated carbocycles. The summed E-state index contributed by atoms with van der Waals surface area (Å²) in [4.78, 5) is 0. The number of ether oxygens (including phenoxy) is 3. The maximum Gasteiger partial charge on any atom is 0.203 e. The average molecular weight is 457 g/mol. The molecule has 5 heteroatoms. The number of rotatable bonds is 6. The molecule has 1 heterocycles. The van der Waals surface area contributed by atoms with Gasteiger partial charge in [-0.15, -0.1) is 0 Å². The van der Waals surface area contributed by atoms with Crippen LogP contribution in [0, 0.1) is 5.92 Å². The summed E-state index contributed by atoms with van der Waals surface area (Å²) in [6.07, 6.45) is 2.08. The van der Waals surface area contributed by atoms with Crippen molar-refractivity contribution in [1.82, 2.24) is 0 Å². The van der Waals surface area contributed by atoms with Gasteiger partial charge in [0.1, 0.15) is 0 Å². The van der Waals surface area contributed by atoms with Gasteiger partial charge in [0.25, 0.3) is 0 Å². The minimum absolute atomic E-state index is 0.0296. The minimum atomic E-state index is 0.0296. The van der Waals surface area contributed by atoms with Crippen molar-refractivity contribution in [2.75, 3.05) is 26.3 Å². The number of hydrogen-bond acceptors (Lipinski definition) is 5. The molecule has 1 aliphatic heterocycles. The van der Waals surface area contributed by atoms with Crippen molar-refractivity contribution in [3.8, 4) is 17.2 Å². The molecule has 176 valence electrons. The quantitative estimate of drug-likeness (QED) is 0.433. The number of hydrogen-bond donors (Lipinski definition) is 0. The largest absolute Gasteiger partial charge is 0.493 e. The second-order valence-electron chi connectivity index (χ2n) is 9.28. The molecule has 0 saturated heterocycles. The summed E-state index contributed by atoms with van der Waals surface area (Å²) in [5.41, 5.74) is 7.31. The van der Waals surface area contributed by atoms with Crippen LogP contribution < -0.4 is 19.2 Å². The molecule has 0 bridgehead atoms. The molecule has 2 atom stereocenters. The van der Waals surface area contributed by atoms with E-state index in [1.807, 2.05) is 0 Å². The number of anilines is 1. The molecule has 0 amide bonds. The van der Waals surface area contributed by atoms with Crippen LogP contribution in [0.4, 0.5) is 5.69 Å². The summed E-state index contributed by atoms with van der Waals surface area (Å²) in [5.74, 6) is 2.68. The first-order valence-corrected chi connectivity index (χ1v) is 11.9. The first kappa shape index (κ1) is 22.3. The number of hydrazone groups is 1. The van der Waals surface area contributed by atoms with Crippen LogP contribution >= 0.6 is 0 Å². The van der Waals surface area contributed by atoms with Crippen LogP contribution in [0.3, 0.4) is 0 Å². The van der Waals surface area contributed by atoms with Crippen LogP contribution in [-0.4, -0.2) is 27.0 Å². The molecule has 0 radical (unpaired) electrons. The topological polar surface area (TPSA) is 43.3 Å². The van der Waals surface area contributed by atoms with Crippen molar-refractivity contribution < 1.29 is 14.2 Å². The highest BCUT2D eigenvalue weighted by Crippen LogP contribution is 2.49. The molecule has 0 N–H and O–H groups in total. The summed E-state index contributed by atoms with van der Waals surface area (Å²) in [5, 5.41) is 7.43. The normalized spacial score (nSPS) is 18.9. The molecular formula is C29H32N2O3. The number of methoxy groups -OCH3 is 3. The highest BCUT2D eigenvalue weighted by molar-refractivity contribution is 6.07. The third-order valence-electron chi connectivity index (χ3n) is 7.08. The van der Waals surface area contributed by atoms with E-state index in [-0.39, 0.29) is 12.0 Å². The summed E-state index contributed by atoms with van der Waals surface area (Å²) in [6, 6.07) is 21.6. The fourth-order valence-corrected chi connectivity index (χ4v) is 5.30. The summed E-state index contributed by atoms with van der Waals surface area (Å²) in [7, 11) is 4.96. The molecule has 0 spiro atoms. The van der Waals surface area contributed by atoms with Crippen LogP contribution in [-0.2, 0) is 6.42 Å². The first-order valence-electron chi connectivity index (χ1n) is 11.9. The zero-order valence-electron chi connectivity index (χ0n) is 20.5. The van der Waals surface area contributed by atoms with E-state index < -0.39 is 0 Å². The van der Waals surface area contributed by atoms with Crippen LogP contribution in [0.15, 0.2) is 65.8 Å². The highest BCUT2D eigenvalue weighted by atomic mass is 16.5. The number of nitrogens with zero attached hydrogens (tertiary/aromatic N) is 2. The van der Waals surface area contributed by atoms with Crippen molar-refractivity contribution in [3.63, 3.8) is 0 Å². The van der Waals surface area contributed by atoms with Gasteiger partial charge < -0.3 is 14.2 Å². The highest BCUT2D eigenvalue weighted by Gasteiger charge is 2.42. The fourth-order valence-electron chi connectivity index (χ4n) is 5.30. The average Bonchev–Trinajstić information content (AvgIpc) is 3.28. The lowest BCUT2D eigenvalue weighted by molar-refractivity contribution is 0.323. The number of fused-ring (bicyclic) bond motifs is 3. The Bertz CT molecular complexity index is 1190. The third-order valence-corrected chi connectivity index (χ3v) is 7.08. The Hall–Kier alpha value is -3.47. The Labute approximate surface area is 202 Å². The van der Waals surface area contributed by atoms with Gasteiger partial charge in [0.15, 0.2) is 11.5 Å². The second-order valence-corrected chi connectivity index (χ2v) is 9.28. The van der Waals surface area contributed by atoms with Crippen LogP contribution in [0.1, 0.15) is 54.5 Å². The van der Waals surface area contributed by atoms with Crippen LogP contribution in [0.2, 0.25) is 0 Å². The van der Waals surface area contributed by atoms with Crippen LogP contribution in [0.5, 0.6) is 17.2 Å². The molecule has 0 fully saturated rings. The van der Waals surface area contributed by atoms with Gasteiger partial charge in [-0.2, -0.15) is 5.10 Å². The minimum Gasteiger partial charge on any atom is -0.493 e. The first-order chi connectivity index (χ1) is 16.5. The van der Waals surface area contributed by atoms with Crippen molar-refractivity contribution in [3.05, 3.63) is 82.9 Å². The Morgan fingerprint density at radius 2 is 1.56 bits per heavy atom. The smallest absolute Gasteiger partial charge is 0.203 e. The number of benzene rings is 3. The Balaban J connectivity index is 1.65. The van der Waals surface area contributed by atoms with E-state index in [2.05, 4.69) is 79.5 Å². The predicted molar refractivity (Wildman–Crippen MR) is 137 cm³/mol. The maximum absolute atomic E-state index is 5.69. The third kappa shape index (κ3) is 3.69. The summed E-state index contributed by atoms with van der Waals surface area (Å²) < 4.78 is 17.0. The molecule has 3 aromatic rings. The van der Waals surface area contributed by atoms with E-state index in [1.165, 1.54) is 16.7 Å². The van der Waals surface area contributed by atoms with Gasteiger partial charge in [-0.1, -0.05) is 50.2 Å². The van der Waals surface area contributed by atoms with Gasteiger partial charge in [0.2, 0.25) is 5.75 Å². The van der Waals surface area contributed by atoms with E-state index in [9.17, 15) is 0 Å². The van der Waals surface area contributed by atoms with Gasteiger partial charge in [0, 0.05) is 11.5 Å². The molecule has 2 aliphatic rings. The number of aryl methyl sites for hydroxylation is 1. The lowest BCUT2D eigenvalue weighted by atomic mass is 9.77. The van der Waals surface area contributed by atoms with Crippen LogP contribution in [0.25, 0.3) is 0 Å². The molecule has 5 nitrogen and oxygen atoms in total. The van der Waals surface area contributed by atoms with Crippen molar-refractivity contribution in [2.24, 2.45) is 11.0 Å². The lowest BCUT2D eigenvalue weighted by Crippen LogP contribution is -2.29. The van der Waals surface area contributed by atoms with E-state index >= 15 is 0 Å². The van der Waals surface area contributed by atoms with Crippen molar-refractivity contribution in [2.45, 2.75) is 38.6 Å². The van der Waals surface area contributed by atoms with Gasteiger partial charge in [0.05, 0.1) is 38.8 Å². The van der Waals surface area contributed by atoms with Crippen molar-refractivity contribution >= 4 is 11.4 Å². The molecule has 0 unspecified atom stereocenters.